The summed E-state index contributed by atoms with van der Waals surface area (Å²) in [7, 11) is 1.78. The van der Waals surface area contributed by atoms with E-state index in [0.717, 1.165) is 13.1 Å². The van der Waals surface area contributed by atoms with Gasteiger partial charge in [-0.3, -0.25) is 4.79 Å². The highest BCUT2D eigenvalue weighted by Gasteiger charge is 2.24. The monoisotopic (exact) mass is 202 g/mol. The number of piperidine rings is 1. The van der Waals surface area contributed by atoms with Crippen LogP contribution in [0, 0.1) is 5.92 Å². The van der Waals surface area contributed by atoms with Crippen LogP contribution < -0.4 is 5.32 Å². The summed E-state index contributed by atoms with van der Waals surface area (Å²) in [5.74, 6) is -0.870. The molecule has 0 atom stereocenters. The highest BCUT2D eigenvalue weighted by atomic mass is 32.1. The van der Waals surface area contributed by atoms with Crippen molar-refractivity contribution in [2.24, 2.45) is 5.92 Å². The first-order valence-corrected chi connectivity index (χ1v) is 4.75. The van der Waals surface area contributed by atoms with Crippen molar-refractivity contribution < 1.29 is 9.90 Å². The van der Waals surface area contributed by atoms with Crippen molar-refractivity contribution in [3.05, 3.63) is 0 Å². The van der Waals surface area contributed by atoms with Crippen LogP contribution in [0.15, 0.2) is 0 Å². The number of aliphatic carboxylic acids is 1. The Bertz CT molecular complexity index is 212. The molecule has 0 aliphatic carbocycles. The second kappa shape index (κ2) is 4.41. The van der Waals surface area contributed by atoms with E-state index < -0.39 is 5.97 Å². The van der Waals surface area contributed by atoms with E-state index >= 15 is 0 Å². The van der Waals surface area contributed by atoms with Gasteiger partial charge in [-0.2, -0.15) is 0 Å². The lowest BCUT2D eigenvalue weighted by Crippen LogP contribution is -2.44. The first kappa shape index (κ1) is 10.2. The van der Waals surface area contributed by atoms with Crippen molar-refractivity contribution in [3.8, 4) is 0 Å². The third kappa shape index (κ3) is 2.55. The number of carboxylic acids is 1. The van der Waals surface area contributed by atoms with E-state index in [2.05, 4.69) is 5.32 Å². The third-order valence-electron chi connectivity index (χ3n) is 2.35. The fraction of sp³-hybridized carbons (Fsp3) is 0.750. The van der Waals surface area contributed by atoms with E-state index in [1.165, 1.54) is 0 Å². The third-order valence-corrected chi connectivity index (χ3v) is 2.81. The van der Waals surface area contributed by atoms with Crippen molar-refractivity contribution in [2.45, 2.75) is 12.8 Å². The highest BCUT2D eigenvalue weighted by molar-refractivity contribution is 7.80. The Labute approximate surface area is 82.9 Å². The number of hydrogen-bond acceptors (Lipinski definition) is 2. The molecule has 0 unspecified atom stereocenters. The SMILES string of the molecule is CNC(=S)N1CCC(C(=O)O)CC1. The summed E-state index contributed by atoms with van der Waals surface area (Å²) < 4.78 is 0. The van der Waals surface area contributed by atoms with Crippen molar-refractivity contribution >= 4 is 23.3 Å². The summed E-state index contributed by atoms with van der Waals surface area (Å²) in [5.41, 5.74) is 0. The standard InChI is InChI=1S/C8H14N2O2S/c1-9-8(13)10-4-2-6(3-5-10)7(11)12/h6H,2-5H2,1H3,(H,9,13)(H,11,12). The second-order valence-electron chi connectivity index (χ2n) is 3.15. The first-order valence-electron chi connectivity index (χ1n) is 4.34. The van der Waals surface area contributed by atoms with Gasteiger partial charge >= 0.3 is 5.97 Å². The molecule has 0 aromatic heterocycles. The minimum absolute atomic E-state index is 0.184. The normalized spacial score (nSPS) is 18.4. The number of rotatable bonds is 1. The quantitative estimate of drug-likeness (QED) is 0.598. The van der Waals surface area contributed by atoms with E-state index in [0.29, 0.717) is 18.0 Å². The van der Waals surface area contributed by atoms with Gasteiger partial charge in [-0.25, -0.2) is 0 Å². The van der Waals surface area contributed by atoms with Gasteiger partial charge in [0.15, 0.2) is 5.11 Å². The summed E-state index contributed by atoms with van der Waals surface area (Å²) in [4.78, 5) is 12.6. The fourth-order valence-corrected chi connectivity index (χ4v) is 1.67. The molecule has 13 heavy (non-hydrogen) atoms. The Morgan fingerprint density at radius 2 is 2.08 bits per heavy atom. The molecule has 1 saturated heterocycles. The Kier molecular flexibility index (Phi) is 3.48. The number of hydrogen-bond donors (Lipinski definition) is 2. The summed E-state index contributed by atoms with van der Waals surface area (Å²) in [5, 5.41) is 12.4. The number of nitrogens with zero attached hydrogens (tertiary/aromatic N) is 1. The molecule has 1 rings (SSSR count). The number of carboxylic acid groups (broad SMARTS) is 1. The number of thiocarbonyl (C=S) groups is 1. The van der Waals surface area contributed by atoms with Gasteiger partial charge in [-0.15, -0.1) is 0 Å². The molecule has 0 saturated carbocycles. The van der Waals surface area contributed by atoms with E-state index in [9.17, 15) is 4.79 Å². The average molecular weight is 202 g/mol. The lowest BCUT2D eigenvalue weighted by molar-refractivity contribution is -0.143. The van der Waals surface area contributed by atoms with E-state index in [1.54, 1.807) is 7.05 Å². The van der Waals surface area contributed by atoms with E-state index in [-0.39, 0.29) is 5.92 Å². The molecule has 0 spiro atoms. The van der Waals surface area contributed by atoms with Crippen molar-refractivity contribution in [2.75, 3.05) is 20.1 Å². The maximum absolute atomic E-state index is 10.6. The van der Waals surface area contributed by atoms with Crippen LogP contribution in [0.5, 0.6) is 0 Å². The number of likely N-dealkylation sites (tertiary alicyclic amines) is 1. The van der Waals surface area contributed by atoms with Crippen LogP contribution in [0.1, 0.15) is 12.8 Å². The summed E-state index contributed by atoms with van der Waals surface area (Å²) in [6, 6.07) is 0. The fourth-order valence-electron chi connectivity index (χ4n) is 1.49. The van der Waals surface area contributed by atoms with Gasteiger partial charge in [-0.1, -0.05) is 0 Å². The minimum Gasteiger partial charge on any atom is -0.481 e. The molecule has 1 fully saturated rings. The molecule has 0 radical (unpaired) electrons. The zero-order valence-corrected chi connectivity index (χ0v) is 8.43. The summed E-state index contributed by atoms with van der Waals surface area (Å²) >= 11 is 5.05. The van der Waals surface area contributed by atoms with Gasteiger partial charge in [0.25, 0.3) is 0 Å². The molecule has 1 heterocycles. The lowest BCUT2D eigenvalue weighted by Gasteiger charge is -2.31. The van der Waals surface area contributed by atoms with Crippen LogP contribution in [0.3, 0.4) is 0 Å². The second-order valence-corrected chi connectivity index (χ2v) is 3.54. The summed E-state index contributed by atoms with van der Waals surface area (Å²) in [6.07, 6.45) is 1.38. The van der Waals surface area contributed by atoms with Crippen LogP contribution in [-0.4, -0.2) is 41.2 Å². The molecule has 4 nitrogen and oxygen atoms in total. The van der Waals surface area contributed by atoms with Crippen LogP contribution in [0.4, 0.5) is 0 Å². The largest absolute Gasteiger partial charge is 0.481 e. The molecular formula is C8H14N2O2S. The zero-order valence-electron chi connectivity index (χ0n) is 7.62. The predicted molar refractivity (Wildman–Crippen MR) is 53.6 cm³/mol. The molecule has 74 valence electrons. The van der Waals surface area contributed by atoms with Crippen molar-refractivity contribution in [1.82, 2.24) is 10.2 Å². The summed E-state index contributed by atoms with van der Waals surface area (Å²) in [6.45, 7) is 1.49. The van der Waals surface area contributed by atoms with Gasteiger partial charge in [0, 0.05) is 20.1 Å². The van der Waals surface area contributed by atoms with Crippen LogP contribution in [0.2, 0.25) is 0 Å². The molecule has 0 amide bonds. The van der Waals surface area contributed by atoms with Crippen molar-refractivity contribution in [3.63, 3.8) is 0 Å². The highest BCUT2D eigenvalue weighted by Crippen LogP contribution is 2.16. The number of carbonyl (C=O) groups is 1. The molecule has 0 aromatic carbocycles. The first-order chi connectivity index (χ1) is 6.15. The van der Waals surface area contributed by atoms with Gasteiger partial charge in [0.05, 0.1) is 5.92 Å². The smallest absolute Gasteiger partial charge is 0.306 e. The van der Waals surface area contributed by atoms with Crippen molar-refractivity contribution in [1.29, 1.82) is 0 Å². The van der Waals surface area contributed by atoms with E-state index in [4.69, 9.17) is 17.3 Å². The number of nitrogens with one attached hydrogen (secondary N) is 1. The van der Waals surface area contributed by atoms with Gasteiger partial charge in [-0.05, 0) is 25.1 Å². The maximum Gasteiger partial charge on any atom is 0.306 e. The maximum atomic E-state index is 10.6. The predicted octanol–water partition coefficient (Wildman–Crippen LogP) is 0.287. The molecule has 0 aromatic rings. The molecular weight excluding hydrogens is 188 g/mol. The van der Waals surface area contributed by atoms with Gasteiger partial charge < -0.3 is 15.3 Å². The van der Waals surface area contributed by atoms with Crippen LogP contribution in [-0.2, 0) is 4.79 Å². The average Bonchev–Trinajstić information content (AvgIpc) is 2.17. The Morgan fingerprint density at radius 3 is 2.46 bits per heavy atom. The van der Waals surface area contributed by atoms with Crippen LogP contribution in [0.25, 0.3) is 0 Å². The zero-order chi connectivity index (χ0) is 9.84. The minimum atomic E-state index is -0.685. The van der Waals surface area contributed by atoms with Gasteiger partial charge in [0.1, 0.15) is 0 Å². The molecule has 1 aliphatic heterocycles. The lowest BCUT2D eigenvalue weighted by atomic mass is 9.97. The topological polar surface area (TPSA) is 52.6 Å². The van der Waals surface area contributed by atoms with E-state index in [1.807, 2.05) is 4.90 Å². The molecule has 0 bridgehead atoms. The molecule has 5 heteroatoms. The Balaban J connectivity index is 2.39. The Hall–Kier alpha value is -0.840. The van der Waals surface area contributed by atoms with Crippen LogP contribution >= 0.6 is 12.2 Å². The molecule has 2 N–H and O–H groups in total. The van der Waals surface area contributed by atoms with Gasteiger partial charge in [0.2, 0.25) is 0 Å². The molecule has 1 aliphatic rings. The Morgan fingerprint density at radius 1 is 1.54 bits per heavy atom.